The van der Waals surface area contributed by atoms with Gasteiger partial charge in [-0.15, -0.1) is 0 Å². The zero-order valence-corrected chi connectivity index (χ0v) is 16.9. The SMILES string of the molecule is O=COCC(COC(=O)CCS)(COC(=O)CCS)COC(=O)CCS. The molecule has 0 radical (unpaired) electrons. The summed E-state index contributed by atoms with van der Waals surface area (Å²) >= 11 is 11.8. The van der Waals surface area contributed by atoms with Gasteiger partial charge in [0.05, 0.1) is 19.3 Å². The summed E-state index contributed by atoms with van der Waals surface area (Å²) in [4.78, 5) is 45.5. The average molecular weight is 429 g/mol. The van der Waals surface area contributed by atoms with E-state index < -0.39 is 23.3 Å². The van der Waals surface area contributed by atoms with E-state index in [1.54, 1.807) is 0 Å². The maximum absolute atomic E-state index is 11.6. The molecule has 0 saturated heterocycles. The fraction of sp³-hybridized carbons (Fsp3) is 0.733. The van der Waals surface area contributed by atoms with Gasteiger partial charge < -0.3 is 18.9 Å². The average Bonchev–Trinajstić information content (AvgIpc) is 2.61. The summed E-state index contributed by atoms with van der Waals surface area (Å²) in [6.07, 6.45) is 0.228. The van der Waals surface area contributed by atoms with Crippen molar-refractivity contribution < 1.29 is 38.1 Å². The lowest BCUT2D eigenvalue weighted by Crippen LogP contribution is -2.43. The Morgan fingerprint density at radius 3 is 1.31 bits per heavy atom. The van der Waals surface area contributed by atoms with Crippen LogP contribution in [0.3, 0.4) is 0 Å². The van der Waals surface area contributed by atoms with Gasteiger partial charge in [-0.1, -0.05) is 0 Å². The Morgan fingerprint density at radius 1 is 0.692 bits per heavy atom. The topological polar surface area (TPSA) is 105 Å². The number of hydrogen-bond acceptors (Lipinski definition) is 11. The Bertz CT molecular complexity index is 403. The highest BCUT2D eigenvalue weighted by Crippen LogP contribution is 2.21. The molecule has 0 atom stereocenters. The molecule has 0 aromatic heterocycles. The molecule has 0 bridgehead atoms. The van der Waals surface area contributed by atoms with E-state index in [0.717, 1.165) is 0 Å². The minimum absolute atomic E-state index is 0.0760. The number of hydrogen-bond donors (Lipinski definition) is 3. The first-order valence-electron chi connectivity index (χ1n) is 7.77. The Morgan fingerprint density at radius 2 is 1.04 bits per heavy atom. The number of carbonyl (C=O) groups excluding carboxylic acids is 4. The van der Waals surface area contributed by atoms with Crippen LogP contribution >= 0.6 is 37.9 Å². The third-order valence-corrected chi connectivity index (χ3v) is 3.69. The van der Waals surface area contributed by atoms with E-state index in [0.29, 0.717) is 17.3 Å². The van der Waals surface area contributed by atoms with E-state index in [1.807, 2.05) is 0 Å². The summed E-state index contributed by atoms with van der Waals surface area (Å²) in [5.41, 5.74) is -1.22. The Kier molecular flexibility index (Phi) is 14.4. The zero-order valence-electron chi connectivity index (χ0n) is 14.3. The second kappa shape index (κ2) is 15.0. The smallest absolute Gasteiger partial charge is 0.306 e. The van der Waals surface area contributed by atoms with E-state index >= 15 is 0 Å². The van der Waals surface area contributed by atoms with E-state index in [2.05, 4.69) is 37.9 Å². The van der Waals surface area contributed by atoms with Gasteiger partial charge in [-0.2, -0.15) is 37.9 Å². The van der Waals surface area contributed by atoms with Crippen LogP contribution in [0.5, 0.6) is 0 Å². The molecule has 0 N–H and O–H groups in total. The second-order valence-corrected chi connectivity index (χ2v) is 6.65. The summed E-state index contributed by atoms with van der Waals surface area (Å²) in [5.74, 6) is -0.698. The van der Waals surface area contributed by atoms with Crippen molar-refractivity contribution in [2.75, 3.05) is 43.7 Å². The van der Waals surface area contributed by atoms with Crippen molar-refractivity contribution in [1.29, 1.82) is 0 Å². The molecule has 0 aliphatic heterocycles. The van der Waals surface area contributed by atoms with Gasteiger partial charge in [0.25, 0.3) is 6.47 Å². The molecule has 0 heterocycles. The first-order chi connectivity index (χ1) is 12.4. The van der Waals surface area contributed by atoms with Crippen LogP contribution in [0.2, 0.25) is 0 Å². The van der Waals surface area contributed by atoms with E-state index in [9.17, 15) is 19.2 Å². The predicted octanol–water partition coefficient (Wildman–Crippen LogP) is 0.735. The fourth-order valence-electron chi connectivity index (χ4n) is 1.65. The number of rotatable bonds is 15. The molecule has 150 valence electrons. The maximum Gasteiger partial charge on any atom is 0.306 e. The van der Waals surface area contributed by atoms with E-state index in [4.69, 9.17) is 18.9 Å². The molecule has 0 aromatic carbocycles. The number of ether oxygens (including phenoxy) is 4. The first-order valence-corrected chi connectivity index (χ1v) is 9.67. The monoisotopic (exact) mass is 428 g/mol. The van der Waals surface area contributed by atoms with Crippen LogP contribution in [-0.4, -0.2) is 68.1 Å². The highest BCUT2D eigenvalue weighted by Gasteiger charge is 2.37. The molecule has 0 amide bonds. The summed E-state index contributed by atoms with van der Waals surface area (Å²) in [7, 11) is 0. The third kappa shape index (κ3) is 11.5. The van der Waals surface area contributed by atoms with Crippen molar-refractivity contribution in [2.24, 2.45) is 5.41 Å². The molecule has 0 aliphatic rings. The van der Waals surface area contributed by atoms with Crippen LogP contribution in [0.25, 0.3) is 0 Å². The molecular formula is C15H24O8S3. The molecule has 0 spiro atoms. The van der Waals surface area contributed by atoms with Crippen LogP contribution in [0.4, 0.5) is 0 Å². The Hall–Kier alpha value is -1.07. The van der Waals surface area contributed by atoms with Crippen molar-refractivity contribution >= 4 is 62.3 Å². The van der Waals surface area contributed by atoms with Crippen LogP contribution in [0.15, 0.2) is 0 Å². The lowest BCUT2D eigenvalue weighted by molar-refractivity contribution is -0.167. The highest BCUT2D eigenvalue weighted by molar-refractivity contribution is 7.80. The second-order valence-electron chi connectivity index (χ2n) is 5.31. The molecule has 0 aliphatic carbocycles. The van der Waals surface area contributed by atoms with Gasteiger partial charge in [0, 0.05) is 17.3 Å². The van der Waals surface area contributed by atoms with E-state index in [1.165, 1.54) is 0 Å². The van der Waals surface area contributed by atoms with Crippen LogP contribution in [-0.2, 0) is 38.1 Å². The van der Waals surface area contributed by atoms with Crippen molar-refractivity contribution in [3.63, 3.8) is 0 Å². The lowest BCUT2D eigenvalue weighted by atomic mass is 9.92. The van der Waals surface area contributed by atoms with Crippen LogP contribution in [0, 0.1) is 5.41 Å². The summed E-state index contributed by atoms with van der Waals surface area (Å²) in [6, 6.07) is 0. The molecule has 0 unspecified atom stereocenters. The van der Waals surface area contributed by atoms with Crippen molar-refractivity contribution in [1.82, 2.24) is 0 Å². The van der Waals surface area contributed by atoms with Crippen LogP contribution < -0.4 is 0 Å². The maximum atomic E-state index is 11.6. The quantitative estimate of drug-likeness (QED) is 0.152. The summed E-state index contributed by atoms with van der Waals surface area (Å²) < 4.78 is 20.2. The molecule has 8 nitrogen and oxygen atoms in total. The molecule has 0 rings (SSSR count). The minimum atomic E-state index is -1.22. The molecule has 26 heavy (non-hydrogen) atoms. The van der Waals surface area contributed by atoms with Gasteiger partial charge in [-0.25, -0.2) is 0 Å². The lowest BCUT2D eigenvalue weighted by Gasteiger charge is -2.31. The Labute approximate surface area is 168 Å². The van der Waals surface area contributed by atoms with Gasteiger partial charge in [-0.05, 0) is 0 Å². The molecule has 0 fully saturated rings. The standard InChI is InChI=1S/C15H24O8S3/c16-11-20-7-15(8-21-12(17)1-4-24,9-22-13(18)2-5-25)10-23-14(19)3-6-26/h11,24-26H,1-10H2. The van der Waals surface area contributed by atoms with Gasteiger partial charge >= 0.3 is 17.9 Å². The predicted molar refractivity (Wildman–Crippen MR) is 103 cm³/mol. The summed E-state index contributed by atoms with van der Waals surface area (Å²) in [5, 5.41) is 0. The molecular weight excluding hydrogens is 404 g/mol. The number of thiol groups is 3. The van der Waals surface area contributed by atoms with Gasteiger partial charge in [-0.3, -0.25) is 19.2 Å². The number of carbonyl (C=O) groups is 4. The first kappa shape index (κ1) is 24.9. The van der Waals surface area contributed by atoms with Crippen molar-refractivity contribution in [2.45, 2.75) is 19.3 Å². The fourth-order valence-corrected chi connectivity index (χ4v) is 2.20. The molecule has 0 saturated carbocycles. The largest absolute Gasteiger partial charge is 0.467 e. The van der Waals surface area contributed by atoms with Crippen LogP contribution in [0.1, 0.15) is 19.3 Å². The number of esters is 3. The van der Waals surface area contributed by atoms with Crippen molar-refractivity contribution in [3.05, 3.63) is 0 Å². The minimum Gasteiger partial charge on any atom is -0.467 e. The summed E-state index contributed by atoms with van der Waals surface area (Å²) in [6.45, 7) is -0.871. The Balaban J connectivity index is 5.11. The normalized spacial score (nSPS) is 10.7. The molecule has 11 heteroatoms. The van der Waals surface area contributed by atoms with Gasteiger partial charge in [0.1, 0.15) is 31.8 Å². The zero-order chi connectivity index (χ0) is 19.8. The van der Waals surface area contributed by atoms with Gasteiger partial charge in [0.15, 0.2) is 0 Å². The van der Waals surface area contributed by atoms with Gasteiger partial charge in [0.2, 0.25) is 0 Å². The highest BCUT2D eigenvalue weighted by atomic mass is 32.1. The third-order valence-electron chi connectivity index (χ3n) is 3.02. The van der Waals surface area contributed by atoms with E-state index in [-0.39, 0.29) is 52.2 Å². The van der Waals surface area contributed by atoms with Crippen molar-refractivity contribution in [3.8, 4) is 0 Å². The molecule has 0 aromatic rings.